The van der Waals surface area contributed by atoms with Crippen molar-refractivity contribution >= 4 is 12.0 Å². The average Bonchev–Trinajstić information content (AvgIpc) is 2.82. The fourth-order valence-electron chi connectivity index (χ4n) is 3.23. The number of hydrogen-bond acceptors (Lipinski definition) is 2. The number of aliphatic carboxylic acids is 1. The number of carbonyl (C=O) groups is 2. The van der Waals surface area contributed by atoms with Crippen molar-refractivity contribution in [3.05, 3.63) is 0 Å². The van der Waals surface area contributed by atoms with Gasteiger partial charge in [0.2, 0.25) is 0 Å². The molecule has 0 bridgehead atoms. The highest BCUT2D eigenvalue weighted by atomic mass is 16.4. The van der Waals surface area contributed by atoms with Crippen LogP contribution in [0.3, 0.4) is 0 Å². The molecule has 2 heterocycles. The van der Waals surface area contributed by atoms with Crippen molar-refractivity contribution < 1.29 is 14.7 Å². The minimum Gasteiger partial charge on any atom is -0.481 e. The van der Waals surface area contributed by atoms with Crippen LogP contribution in [0.4, 0.5) is 4.79 Å². The predicted octanol–water partition coefficient (Wildman–Crippen LogP) is 2.31. The summed E-state index contributed by atoms with van der Waals surface area (Å²) in [5.41, 5.74) is 0. The first-order valence-electron chi connectivity index (χ1n) is 7.38. The summed E-state index contributed by atoms with van der Waals surface area (Å²) in [6.45, 7) is 3.73. The summed E-state index contributed by atoms with van der Waals surface area (Å²) in [6, 6.07) is 0.569. The molecule has 2 atom stereocenters. The van der Waals surface area contributed by atoms with Gasteiger partial charge in [-0.2, -0.15) is 0 Å². The zero-order valence-corrected chi connectivity index (χ0v) is 11.7. The molecule has 0 spiro atoms. The SMILES string of the molecule is CC1CCCN1C(=O)N1CCCCC1CCC(=O)O. The van der Waals surface area contributed by atoms with E-state index in [4.69, 9.17) is 5.11 Å². The largest absolute Gasteiger partial charge is 0.481 e. The van der Waals surface area contributed by atoms with E-state index in [2.05, 4.69) is 6.92 Å². The van der Waals surface area contributed by atoms with Crippen LogP contribution in [0, 0.1) is 0 Å². The Morgan fingerprint density at radius 1 is 1.11 bits per heavy atom. The van der Waals surface area contributed by atoms with Gasteiger partial charge in [-0.3, -0.25) is 4.79 Å². The second-order valence-electron chi connectivity index (χ2n) is 5.74. The van der Waals surface area contributed by atoms with Crippen molar-refractivity contribution in [1.29, 1.82) is 0 Å². The minimum absolute atomic E-state index is 0.116. The van der Waals surface area contributed by atoms with E-state index in [9.17, 15) is 9.59 Å². The van der Waals surface area contributed by atoms with E-state index in [1.54, 1.807) is 0 Å². The van der Waals surface area contributed by atoms with Gasteiger partial charge < -0.3 is 14.9 Å². The number of piperidine rings is 1. The summed E-state index contributed by atoms with van der Waals surface area (Å²) < 4.78 is 0. The van der Waals surface area contributed by atoms with E-state index in [0.29, 0.717) is 12.5 Å². The number of amides is 2. The number of likely N-dealkylation sites (tertiary alicyclic amines) is 2. The van der Waals surface area contributed by atoms with Gasteiger partial charge in [-0.15, -0.1) is 0 Å². The molecule has 5 nitrogen and oxygen atoms in total. The smallest absolute Gasteiger partial charge is 0.320 e. The van der Waals surface area contributed by atoms with Gasteiger partial charge in [0.15, 0.2) is 0 Å². The summed E-state index contributed by atoms with van der Waals surface area (Å²) in [7, 11) is 0. The standard InChI is InChI=1S/C14H24N2O3/c1-11-5-4-10-15(11)14(19)16-9-3-2-6-12(16)7-8-13(17)18/h11-12H,2-10H2,1H3,(H,17,18). The molecule has 108 valence electrons. The Labute approximate surface area is 114 Å². The molecule has 19 heavy (non-hydrogen) atoms. The number of carboxylic acids is 1. The van der Waals surface area contributed by atoms with Gasteiger partial charge in [0, 0.05) is 31.6 Å². The molecule has 0 aromatic heterocycles. The molecule has 0 aromatic rings. The quantitative estimate of drug-likeness (QED) is 0.854. The predicted molar refractivity (Wildman–Crippen MR) is 72.0 cm³/mol. The lowest BCUT2D eigenvalue weighted by atomic mass is 9.98. The molecule has 2 rings (SSSR count). The van der Waals surface area contributed by atoms with Crippen molar-refractivity contribution in [2.24, 2.45) is 0 Å². The second kappa shape index (κ2) is 6.26. The maximum absolute atomic E-state index is 12.6. The molecule has 2 aliphatic rings. The zero-order valence-electron chi connectivity index (χ0n) is 11.7. The van der Waals surface area contributed by atoms with Gasteiger partial charge in [-0.25, -0.2) is 4.79 Å². The Balaban J connectivity index is 1.97. The highest BCUT2D eigenvalue weighted by molar-refractivity contribution is 5.75. The summed E-state index contributed by atoms with van der Waals surface area (Å²) in [5.74, 6) is -0.771. The monoisotopic (exact) mass is 268 g/mol. The van der Waals surface area contributed by atoms with Crippen molar-refractivity contribution in [3.63, 3.8) is 0 Å². The van der Waals surface area contributed by atoms with Gasteiger partial charge >= 0.3 is 12.0 Å². The lowest BCUT2D eigenvalue weighted by Crippen LogP contribution is -2.51. The van der Waals surface area contributed by atoms with Crippen molar-refractivity contribution in [2.45, 2.75) is 64.0 Å². The number of carboxylic acid groups (broad SMARTS) is 1. The fourth-order valence-corrected chi connectivity index (χ4v) is 3.23. The maximum atomic E-state index is 12.6. The summed E-state index contributed by atoms with van der Waals surface area (Å²) in [5, 5.41) is 8.81. The maximum Gasteiger partial charge on any atom is 0.320 e. The van der Waals surface area contributed by atoms with Crippen molar-refractivity contribution in [1.82, 2.24) is 9.80 Å². The first-order valence-corrected chi connectivity index (χ1v) is 7.38. The summed E-state index contributed by atoms with van der Waals surface area (Å²) in [6.07, 6.45) is 6.00. The lowest BCUT2D eigenvalue weighted by Gasteiger charge is -2.39. The molecule has 5 heteroatoms. The molecule has 0 radical (unpaired) electrons. The third-order valence-electron chi connectivity index (χ3n) is 4.36. The molecule has 2 amide bonds. The molecule has 2 unspecified atom stereocenters. The molecule has 2 saturated heterocycles. The number of hydrogen-bond donors (Lipinski definition) is 1. The van der Waals surface area contributed by atoms with Gasteiger partial charge in [0.25, 0.3) is 0 Å². The zero-order chi connectivity index (χ0) is 13.8. The molecular formula is C14H24N2O3. The van der Waals surface area contributed by atoms with Crippen LogP contribution >= 0.6 is 0 Å². The topological polar surface area (TPSA) is 60.9 Å². The number of rotatable bonds is 3. The van der Waals surface area contributed by atoms with E-state index < -0.39 is 5.97 Å². The van der Waals surface area contributed by atoms with E-state index in [-0.39, 0.29) is 18.5 Å². The van der Waals surface area contributed by atoms with Crippen LogP contribution in [0.25, 0.3) is 0 Å². The van der Waals surface area contributed by atoms with Crippen LogP contribution in [-0.2, 0) is 4.79 Å². The van der Waals surface area contributed by atoms with Gasteiger partial charge in [0.05, 0.1) is 0 Å². The van der Waals surface area contributed by atoms with Crippen LogP contribution < -0.4 is 0 Å². The van der Waals surface area contributed by atoms with Gasteiger partial charge in [-0.1, -0.05) is 0 Å². The van der Waals surface area contributed by atoms with E-state index in [0.717, 1.165) is 45.2 Å². The van der Waals surface area contributed by atoms with E-state index in [1.165, 1.54) is 0 Å². The Bertz CT molecular complexity index is 346. The van der Waals surface area contributed by atoms with Crippen LogP contribution in [0.5, 0.6) is 0 Å². The molecule has 0 aliphatic carbocycles. The highest BCUT2D eigenvalue weighted by Crippen LogP contribution is 2.25. The molecule has 0 saturated carbocycles. The van der Waals surface area contributed by atoms with Gasteiger partial charge in [-0.05, 0) is 45.4 Å². The minimum atomic E-state index is -0.771. The Kier molecular flexibility index (Phi) is 4.66. The van der Waals surface area contributed by atoms with E-state index >= 15 is 0 Å². The van der Waals surface area contributed by atoms with Gasteiger partial charge in [0.1, 0.15) is 0 Å². The fraction of sp³-hybridized carbons (Fsp3) is 0.857. The Morgan fingerprint density at radius 3 is 2.47 bits per heavy atom. The summed E-state index contributed by atoms with van der Waals surface area (Å²) in [4.78, 5) is 27.2. The van der Waals surface area contributed by atoms with Crippen LogP contribution in [0.1, 0.15) is 51.9 Å². The number of urea groups is 1. The van der Waals surface area contributed by atoms with E-state index in [1.807, 2.05) is 9.80 Å². The molecule has 2 fully saturated rings. The molecule has 1 N–H and O–H groups in total. The third-order valence-corrected chi connectivity index (χ3v) is 4.36. The molecule has 0 aromatic carbocycles. The average molecular weight is 268 g/mol. The number of carbonyl (C=O) groups excluding carboxylic acids is 1. The highest BCUT2D eigenvalue weighted by Gasteiger charge is 2.33. The second-order valence-corrected chi connectivity index (χ2v) is 5.74. The van der Waals surface area contributed by atoms with Crippen LogP contribution in [0.2, 0.25) is 0 Å². The first kappa shape index (κ1) is 14.2. The summed E-state index contributed by atoms with van der Waals surface area (Å²) >= 11 is 0. The Morgan fingerprint density at radius 2 is 1.84 bits per heavy atom. The third kappa shape index (κ3) is 3.39. The number of nitrogens with zero attached hydrogens (tertiary/aromatic N) is 2. The van der Waals surface area contributed by atoms with Crippen molar-refractivity contribution in [3.8, 4) is 0 Å². The van der Waals surface area contributed by atoms with Crippen LogP contribution in [-0.4, -0.2) is 52.1 Å². The van der Waals surface area contributed by atoms with Crippen molar-refractivity contribution in [2.75, 3.05) is 13.1 Å². The first-order chi connectivity index (χ1) is 9.09. The molecule has 2 aliphatic heterocycles. The van der Waals surface area contributed by atoms with Crippen LogP contribution in [0.15, 0.2) is 0 Å². The molecular weight excluding hydrogens is 244 g/mol. The lowest BCUT2D eigenvalue weighted by molar-refractivity contribution is -0.137. The Hall–Kier alpha value is -1.26. The normalized spacial score (nSPS) is 27.6.